The van der Waals surface area contributed by atoms with E-state index in [1.165, 1.54) is 0 Å². The molecule has 0 atom stereocenters. The van der Waals surface area contributed by atoms with Gasteiger partial charge in [-0.05, 0) is 18.2 Å². The molecule has 6 heteroatoms. The molecule has 0 N–H and O–H groups in total. The molecule has 2 aromatic carbocycles. The second kappa shape index (κ2) is 7.18. The Balaban J connectivity index is 1.92. The van der Waals surface area contributed by atoms with E-state index >= 15 is 0 Å². The van der Waals surface area contributed by atoms with Crippen molar-refractivity contribution in [1.29, 1.82) is 0 Å². The highest BCUT2D eigenvalue weighted by molar-refractivity contribution is 7.98. The number of nitrogens with zero attached hydrogens (tertiary/aromatic N) is 2. The van der Waals surface area contributed by atoms with Gasteiger partial charge in [-0.3, -0.25) is 4.68 Å². The quantitative estimate of drug-likeness (QED) is 0.489. The van der Waals surface area contributed by atoms with Crippen LogP contribution in [0.1, 0.15) is 5.56 Å². The largest absolute Gasteiger partial charge is 0.256 e. The first-order chi connectivity index (χ1) is 11.1. The zero-order valence-electron chi connectivity index (χ0n) is 12.3. The molecule has 0 aliphatic heterocycles. The average molecular weight is 384 g/mol. The first-order valence-corrected chi connectivity index (χ1v) is 9.03. The average Bonchev–Trinajstić information content (AvgIpc) is 2.84. The van der Waals surface area contributed by atoms with Gasteiger partial charge in [-0.15, -0.1) is 11.8 Å². The van der Waals surface area contributed by atoms with Crippen LogP contribution in [-0.2, 0) is 12.8 Å². The maximum atomic E-state index is 6.43. The van der Waals surface area contributed by atoms with Gasteiger partial charge in [-0.2, -0.15) is 5.10 Å². The number of hydrogen-bond donors (Lipinski definition) is 0. The van der Waals surface area contributed by atoms with E-state index < -0.39 is 0 Å². The van der Waals surface area contributed by atoms with Gasteiger partial charge in [-0.25, -0.2) is 0 Å². The number of thioether (sulfide) groups is 1. The van der Waals surface area contributed by atoms with Crippen molar-refractivity contribution < 1.29 is 0 Å². The van der Waals surface area contributed by atoms with Crippen LogP contribution in [0.3, 0.4) is 0 Å². The van der Waals surface area contributed by atoms with E-state index in [4.69, 9.17) is 34.8 Å². The Morgan fingerprint density at radius 3 is 2.52 bits per heavy atom. The number of halogens is 3. The smallest absolute Gasteiger partial charge is 0.131 e. The summed E-state index contributed by atoms with van der Waals surface area (Å²) in [5.74, 6) is 0.664. The van der Waals surface area contributed by atoms with E-state index in [0.29, 0.717) is 21.0 Å². The Kier molecular flexibility index (Phi) is 5.22. The molecule has 0 aliphatic carbocycles. The van der Waals surface area contributed by atoms with Gasteiger partial charge in [0, 0.05) is 33.8 Å². The Morgan fingerprint density at radius 2 is 1.78 bits per heavy atom. The molecule has 0 bridgehead atoms. The molecule has 118 valence electrons. The third-order valence-corrected chi connectivity index (χ3v) is 5.61. The fraction of sp³-hybridized carbons (Fsp3) is 0.118. The Bertz CT molecular complexity index is 831. The van der Waals surface area contributed by atoms with E-state index in [1.54, 1.807) is 28.6 Å². The van der Waals surface area contributed by atoms with E-state index in [0.717, 1.165) is 21.7 Å². The lowest BCUT2D eigenvalue weighted by atomic mass is 10.1. The second-order valence-electron chi connectivity index (χ2n) is 4.97. The maximum Gasteiger partial charge on any atom is 0.131 e. The molecular weight excluding hydrogens is 371 g/mol. The van der Waals surface area contributed by atoms with E-state index in [9.17, 15) is 0 Å². The van der Waals surface area contributed by atoms with Crippen LogP contribution < -0.4 is 0 Å². The molecule has 0 fully saturated rings. The molecule has 1 heterocycles. The van der Waals surface area contributed by atoms with Crippen LogP contribution >= 0.6 is 46.6 Å². The fourth-order valence-corrected chi connectivity index (χ4v) is 4.02. The standard InChI is InChI=1S/C17H13Cl3N2S/c1-22-17(20)13(16(21-22)11-5-3-2-4-6-11)10-23-15-9-12(18)7-8-14(15)19/h2-9H,10H2,1H3. The van der Waals surface area contributed by atoms with Gasteiger partial charge >= 0.3 is 0 Å². The van der Waals surface area contributed by atoms with Gasteiger partial charge in [0.05, 0.1) is 10.7 Å². The third-order valence-electron chi connectivity index (χ3n) is 3.38. The molecule has 1 aromatic heterocycles. The minimum Gasteiger partial charge on any atom is -0.256 e. The summed E-state index contributed by atoms with van der Waals surface area (Å²) in [6.07, 6.45) is 0. The zero-order valence-corrected chi connectivity index (χ0v) is 15.3. The first kappa shape index (κ1) is 16.7. The summed E-state index contributed by atoms with van der Waals surface area (Å²) in [5.41, 5.74) is 2.92. The van der Waals surface area contributed by atoms with Crippen LogP contribution in [0, 0.1) is 0 Å². The fourth-order valence-electron chi connectivity index (χ4n) is 2.24. The van der Waals surface area contributed by atoms with Gasteiger partial charge in [0.1, 0.15) is 5.15 Å². The number of rotatable bonds is 4. The highest BCUT2D eigenvalue weighted by Gasteiger charge is 2.17. The summed E-state index contributed by atoms with van der Waals surface area (Å²) < 4.78 is 1.69. The van der Waals surface area contributed by atoms with Crippen LogP contribution in [0.2, 0.25) is 15.2 Å². The molecule has 0 radical (unpaired) electrons. The lowest BCUT2D eigenvalue weighted by Gasteiger charge is -2.06. The lowest BCUT2D eigenvalue weighted by Crippen LogP contribution is -1.89. The minimum atomic E-state index is 0.634. The predicted molar refractivity (Wildman–Crippen MR) is 99.7 cm³/mol. The van der Waals surface area contributed by atoms with Crippen LogP contribution in [0.4, 0.5) is 0 Å². The van der Waals surface area contributed by atoms with Crippen LogP contribution in [-0.4, -0.2) is 9.78 Å². The van der Waals surface area contributed by atoms with Crippen molar-refractivity contribution >= 4 is 46.6 Å². The van der Waals surface area contributed by atoms with Gasteiger partial charge in [0.15, 0.2) is 0 Å². The van der Waals surface area contributed by atoms with Crippen LogP contribution in [0.5, 0.6) is 0 Å². The highest BCUT2D eigenvalue weighted by Crippen LogP contribution is 2.36. The second-order valence-corrected chi connectivity index (χ2v) is 7.19. The third kappa shape index (κ3) is 3.69. The molecule has 0 aliphatic rings. The molecular formula is C17H13Cl3N2S. The summed E-state index contributed by atoms with van der Waals surface area (Å²) >= 11 is 20.3. The zero-order chi connectivity index (χ0) is 16.4. The minimum absolute atomic E-state index is 0.634. The molecule has 3 rings (SSSR count). The Hall–Kier alpha value is -1.13. The van der Waals surface area contributed by atoms with Crippen molar-refractivity contribution in [2.75, 3.05) is 0 Å². The van der Waals surface area contributed by atoms with E-state index in [2.05, 4.69) is 5.10 Å². The normalized spacial score (nSPS) is 11.0. The summed E-state index contributed by atoms with van der Waals surface area (Å²) in [5, 5.41) is 6.52. The highest BCUT2D eigenvalue weighted by atomic mass is 35.5. The van der Waals surface area contributed by atoms with Crippen molar-refractivity contribution in [3.8, 4) is 11.3 Å². The summed E-state index contributed by atoms with van der Waals surface area (Å²) in [4.78, 5) is 0.929. The molecule has 0 saturated heterocycles. The van der Waals surface area contributed by atoms with Gasteiger partial charge in [-0.1, -0.05) is 65.1 Å². The van der Waals surface area contributed by atoms with Crippen molar-refractivity contribution in [3.05, 3.63) is 69.3 Å². The maximum absolute atomic E-state index is 6.43. The Morgan fingerprint density at radius 1 is 1.04 bits per heavy atom. The van der Waals surface area contributed by atoms with Crippen molar-refractivity contribution in [1.82, 2.24) is 9.78 Å². The van der Waals surface area contributed by atoms with Gasteiger partial charge in [0.2, 0.25) is 0 Å². The Labute approximate surface area is 154 Å². The molecule has 23 heavy (non-hydrogen) atoms. The van der Waals surface area contributed by atoms with E-state index in [-0.39, 0.29) is 0 Å². The topological polar surface area (TPSA) is 17.8 Å². The van der Waals surface area contributed by atoms with Crippen molar-refractivity contribution in [2.24, 2.45) is 7.05 Å². The number of benzene rings is 2. The van der Waals surface area contributed by atoms with Crippen molar-refractivity contribution in [3.63, 3.8) is 0 Å². The molecule has 3 aromatic rings. The predicted octanol–water partition coefficient (Wildman–Crippen LogP) is 6.34. The van der Waals surface area contributed by atoms with E-state index in [1.807, 2.05) is 43.4 Å². The molecule has 0 amide bonds. The SMILES string of the molecule is Cn1nc(-c2ccccc2)c(CSc2cc(Cl)ccc2Cl)c1Cl. The molecule has 0 saturated carbocycles. The lowest BCUT2D eigenvalue weighted by molar-refractivity contribution is 0.771. The molecule has 0 spiro atoms. The van der Waals surface area contributed by atoms with Gasteiger partial charge in [0.25, 0.3) is 0 Å². The summed E-state index contributed by atoms with van der Waals surface area (Å²) in [7, 11) is 1.84. The van der Waals surface area contributed by atoms with Crippen LogP contribution in [0.15, 0.2) is 53.4 Å². The molecule has 0 unspecified atom stereocenters. The first-order valence-electron chi connectivity index (χ1n) is 6.91. The monoisotopic (exact) mass is 382 g/mol. The number of aryl methyl sites for hydroxylation is 1. The van der Waals surface area contributed by atoms with Gasteiger partial charge < -0.3 is 0 Å². The number of aromatic nitrogens is 2. The number of hydrogen-bond acceptors (Lipinski definition) is 2. The molecule has 2 nitrogen and oxygen atoms in total. The summed E-state index contributed by atoms with van der Waals surface area (Å²) in [6.45, 7) is 0. The van der Waals surface area contributed by atoms with Crippen molar-refractivity contribution in [2.45, 2.75) is 10.6 Å². The van der Waals surface area contributed by atoms with Crippen LogP contribution in [0.25, 0.3) is 11.3 Å². The summed E-state index contributed by atoms with van der Waals surface area (Å²) in [6, 6.07) is 15.5.